The van der Waals surface area contributed by atoms with Crippen LogP contribution in [0.2, 0.25) is 0 Å². The summed E-state index contributed by atoms with van der Waals surface area (Å²) in [6, 6.07) is 1.34. The highest BCUT2D eigenvalue weighted by atomic mass is 35.5. The number of carboxylic acids is 1. The molecule has 1 aromatic carbocycles. The molecule has 0 aliphatic heterocycles. The van der Waals surface area contributed by atoms with Gasteiger partial charge in [-0.25, -0.2) is 4.39 Å². The average Bonchev–Trinajstić information content (AvgIpc) is 2.70. The maximum atomic E-state index is 14.5. The molecule has 0 spiro atoms. The Kier molecular flexibility index (Phi) is 8.44. The van der Waals surface area contributed by atoms with Crippen molar-refractivity contribution in [2.45, 2.75) is 45.0 Å². The molecule has 0 bridgehead atoms. The van der Waals surface area contributed by atoms with E-state index in [4.69, 9.17) is 16.7 Å². The molecule has 0 fully saturated rings. The number of allylic oxidation sites excluding steroid dienone is 4. The SMILES string of the molecule is Cc1c(C(CC(=O)O)C(F)(F)F)ccc(F)c1NC(=O)[C@H](C1C=CC(Cl)=CC1)[C@@H](C)C(F)(F)F. The Bertz CT molecular complexity index is 1000. The number of benzene rings is 1. The molecule has 4 atom stereocenters. The maximum Gasteiger partial charge on any atom is 0.396 e. The molecule has 0 radical (unpaired) electrons. The van der Waals surface area contributed by atoms with Crippen LogP contribution in [0.4, 0.5) is 36.4 Å². The van der Waals surface area contributed by atoms with E-state index in [0.29, 0.717) is 6.07 Å². The number of nitrogens with one attached hydrogen (secondary N) is 1. The number of rotatable bonds is 7. The zero-order chi connectivity index (χ0) is 26.0. The number of amides is 1. The summed E-state index contributed by atoms with van der Waals surface area (Å²) >= 11 is 5.80. The smallest absolute Gasteiger partial charge is 0.396 e. The topological polar surface area (TPSA) is 66.4 Å². The fourth-order valence-corrected chi connectivity index (χ4v) is 4.04. The van der Waals surface area contributed by atoms with Crippen LogP contribution in [0.25, 0.3) is 0 Å². The third-order valence-corrected chi connectivity index (χ3v) is 6.04. The van der Waals surface area contributed by atoms with Gasteiger partial charge in [0.05, 0.1) is 29.9 Å². The lowest BCUT2D eigenvalue weighted by molar-refractivity contribution is -0.188. The Labute approximate surface area is 195 Å². The first-order valence-corrected chi connectivity index (χ1v) is 10.4. The normalized spacial score (nSPS) is 19.2. The van der Waals surface area contributed by atoms with E-state index >= 15 is 0 Å². The standard InChI is InChI=1S/C22H21ClF7NO3/c1-10-14(15(9-17(32)33)22(28,29)30)7-8-16(24)19(10)31-20(34)18(11(2)21(25,26)27)12-3-5-13(23)6-4-12/h3,5-8,11-12,15,18H,4,9H2,1-2H3,(H,31,34)(H,32,33)/t11-,12?,15?,18+/m1/s1. The number of halogens is 8. The fourth-order valence-electron chi connectivity index (χ4n) is 3.88. The van der Waals surface area contributed by atoms with Crippen LogP contribution < -0.4 is 5.32 Å². The molecular formula is C22H21ClF7NO3. The van der Waals surface area contributed by atoms with Gasteiger partial charge in [0, 0.05) is 5.03 Å². The average molecular weight is 516 g/mol. The first kappa shape index (κ1) is 27.7. The molecule has 2 unspecified atom stereocenters. The molecule has 1 amide bonds. The van der Waals surface area contributed by atoms with Gasteiger partial charge in [0.1, 0.15) is 5.82 Å². The minimum Gasteiger partial charge on any atom is -0.481 e. The Morgan fingerprint density at radius 3 is 2.26 bits per heavy atom. The van der Waals surface area contributed by atoms with Crippen LogP contribution in [0.5, 0.6) is 0 Å². The Morgan fingerprint density at radius 1 is 1.18 bits per heavy atom. The molecular weight excluding hydrogens is 495 g/mol. The fraction of sp³-hybridized carbons (Fsp3) is 0.455. The van der Waals surface area contributed by atoms with Crippen molar-refractivity contribution in [2.75, 3.05) is 5.32 Å². The lowest BCUT2D eigenvalue weighted by atomic mass is 9.78. The van der Waals surface area contributed by atoms with E-state index in [1.807, 2.05) is 5.32 Å². The number of carbonyl (C=O) groups excluding carboxylic acids is 1. The van der Waals surface area contributed by atoms with Crippen molar-refractivity contribution in [3.8, 4) is 0 Å². The second kappa shape index (κ2) is 10.4. The lowest BCUT2D eigenvalue weighted by Gasteiger charge is -2.31. The van der Waals surface area contributed by atoms with Crippen LogP contribution in [-0.4, -0.2) is 29.3 Å². The second-order valence-corrected chi connectivity index (χ2v) is 8.46. The summed E-state index contributed by atoms with van der Waals surface area (Å²) in [5.74, 6) is -11.6. The van der Waals surface area contributed by atoms with E-state index < -0.39 is 77.0 Å². The second-order valence-electron chi connectivity index (χ2n) is 8.02. The molecule has 0 saturated carbocycles. The third-order valence-electron chi connectivity index (χ3n) is 5.76. The van der Waals surface area contributed by atoms with E-state index in [0.717, 1.165) is 19.9 Å². The first-order chi connectivity index (χ1) is 15.5. The zero-order valence-corrected chi connectivity index (χ0v) is 18.7. The highest BCUT2D eigenvalue weighted by molar-refractivity contribution is 6.31. The summed E-state index contributed by atoms with van der Waals surface area (Å²) in [5, 5.41) is 11.2. The highest BCUT2D eigenvalue weighted by Crippen LogP contribution is 2.42. The van der Waals surface area contributed by atoms with Crippen molar-refractivity contribution in [3.05, 3.63) is 52.3 Å². The van der Waals surface area contributed by atoms with Gasteiger partial charge < -0.3 is 10.4 Å². The van der Waals surface area contributed by atoms with Gasteiger partial charge in [0.2, 0.25) is 5.91 Å². The van der Waals surface area contributed by atoms with Gasteiger partial charge >= 0.3 is 18.3 Å². The van der Waals surface area contributed by atoms with Gasteiger partial charge in [-0.05, 0) is 42.5 Å². The van der Waals surface area contributed by atoms with Crippen molar-refractivity contribution < 1.29 is 45.4 Å². The molecule has 0 aromatic heterocycles. The van der Waals surface area contributed by atoms with E-state index in [-0.39, 0.29) is 11.5 Å². The summed E-state index contributed by atoms with van der Waals surface area (Å²) in [4.78, 5) is 23.9. The van der Waals surface area contributed by atoms with Gasteiger partial charge in [-0.15, -0.1) is 0 Å². The number of carboxylic acid groups (broad SMARTS) is 1. The van der Waals surface area contributed by atoms with Gasteiger partial charge in [-0.1, -0.05) is 36.7 Å². The molecule has 0 heterocycles. The van der Waals surface area contributed by atoms with Crippen LogP contribution in [0.3, 0.4) is 0 Å². The van der Waals surface area contributed by atoms with Gasteiger partial charge in [0.15, 0.2) is 0 Å². The number of anilines is 1. The number of hydrogen-bond acceptors (Lipinski definition) is 2. The van der Waals surface area contributed by atoms with Crippen molar-refractivity contribution in [1.29, 1.82) is 0 Å². The van der Waals surface area contributed by atoms with Crippen molar-refractivity contribution in [3.63, 3.8) is 0 Å². The predicted molar refractivity (Wildman–Crippen MR) is 111 cm³/mol. The Balaban J connectivity index is 2.48. The maximum absolute atomic E-state index is 14.5. The van der Waals surface area contributed by atoms with Crippen LogP contribution in [-0.2, 0) is 9.59 Å². The molecule has 1 aromatic rings. The monoisotopic (exact) mass is 515 g/mol. The summed E-state index contributed by atoms with van der Waals surface area (Å²) < 4.78 is 95.5. The number of alkyl halides is 6. The van der Waals surface area contributed by atoms with Gasteiger partial charge in [-0.3, -0.25) is 9.59 Å². The predicted octanol–water partition coefficient (Wildman–Crippen LogP) is 6.71. The molecule has 188 valence electrons. The molecule has 1 aliphatic rings. The van der Waals surface area contributed by atoms with Crippen LogP contribution in [0.15, 0.2) is 35.4 Å². The summed E-state index contributed by atoms with van der Waals surface area (Å²) in [5.41, 5.74) is -1.79. The highest BCUT2D eigenvalue weighted by Gasteiger charge is 2.47. The van der Waals surface area contributed by atoms with E-state index in [1.54, 1.807) is 0 Å². The van der Waals surface area contributed by atoms with E-state index in [2.05, 4.69) is 0 Å². The number of hydrogen-bond donors (Lipinski definition) is 2. The first-order valence-electron chi connectivity index (χ1n) is 10.0. The lowest BCUT2D eigenvalue weighted by Crippen LogP contribution is -2.40. The summed E-state index contributed by atoms with van der Waals surface area (Å²) in [7, 11) is 0. The number of carbonyl (C=O) groups is 2. The van der Waals surface area contributed by atoms with Crippen molar-refractivity contribution in [1.82, 2.24) is 0 Å². The van der Waals surface area contributed by atoms with Crippen LogP contribution in [0.1, 0.15) is 36.8 Å². The molecule has 2 N–H and O–H groups in total. The zero-order valence-electron chi connectivity index (χ0n) is 17.9. The van der Waals surface area contributed by atoms with E-state index in [1.165, 1.54) is 18.2 Å². The quantitative estimate of drug-likeness (QED) is 0.397. The molecule has 4 nitrogen and oxygen atoms in total. The Morgan fingerprint density at radius 2 is 1.79 bits per heavy atom. The minimum atomic E-state index is -5.01. The largest absolute Gasteiger partial charge is 0.481 e. The van der Waals surface area contributed by atoms with E-state index in [9.17, 15) is 40.3 Å². The van der Waals surface area contributed by atoms with Crippen molar-refractivity contribution in [2.24, 2.45) is 17.8 Å². The molecule has 34 heavy (non-hydrogen) atoms. The molecule has 0 saturated heterocycles. The third kappa shape index (κ3) is 6.52. The minimum absolute atomic E-state index is 0.00982. The van der Waals surface area contributed by atoms with Crippen LogP contribution in [0, 0.1) is 30.5 Å². The number of aliphatic carboxylic acids is 1. The summed E-state index contributed by atoms with van der Waals surface area (Å²) in [6.07, 6.45) is -7.09. The van der Waals surface area contributed by atoms with Gasteiger partial charge in [0.25, 0.3) is 0 Å². The molecule has 1 aliphatic carbocycles. The Hall–Kier alpha value is -2.56. The summed E-state index contributed by atoms with van der Waals surface area (Å²) in [6.45, 7) is 1.81. The van der Waals surface area contributed by atoms with Crippen LogP contribution >= 0.6 is 11.6 Å². The van der Waals surface area contributed by atoms with Crippen molar-refractivity contribution >= 4 is 29.2 Å². The molecule has 12 heteroatoms. The van der Waals surface area contributed by atoms with Gasteiger partial charge in [-0.2, -0.15) is 26.3 Å². The molecule has 2 rings (SSSR count).